The van der Waals surface area contributed by atoms with Crippen LogP contribution in [0.3, 0.4) is 0 Å². The van der Waals surface area contributed by atoms with E-state index in [4.69, 9.17) is 0 Å². The average molecular weight is 240 g/mol. The van der Waals surface area contributed by atoms with E-state index in [2.05, 4.69) is 44.8 Å². The minimum Gasteiger partial charge on any atom is -0.312 e. The molecule has 0 saturated carbocycles. The standard InChI is InChI=1S/C15H32N2/c1-6-11-16-14(4)15(5,7-2)17-12-9-8-10-13(17)3/h13-14,16H,6-12H2,1-5H3. The Morgan fingerprint density at radius 1 is 1.35 bits per heavy atom. The number of likely N-dealkylation sites (tertiary alicyclic amines) is 1. The van der Waals surface area contributed by atoms with E-state index in [1.54, 1.807) is 0 Å². The smallest absolute Gasteiger partial charge is 0.0331 e. The largest absolute Gasteiger partial charge is 0.312 e. The van der Waals surface area contributed by atoms with Crippen LogP contribution >= 0.6 is 0 Å². The Balaban J connectivity index is 2.70. The average Bonchev–Trinajstić information content (AvgIpc) is 2.35. The molecule has 1 aliphatic heterocycles. The Bertz CT molecular complexity index is 217. The molecule has 3 unspecified atom stereocenters. The molecule has 1 fully saturated rings. The molecular weight excluding hydrogens is 208 g/mol. The van der Waals surface area contributed by atoms with Gasteiger partial charge in [0.1, 0.15) is 0 Å². The van der Waals surface area contributed by atoms with E-state index in [9.17, 15) is 0 Å². The van der Waals surface area contributed by atoms with Crippen LogP contribution in [0.15, 0.2) is 0 Å². The first-order chi connectivity index (χ1) is 8.06. The van der Waals surface area contributed by atoms with Crippen molar-refractivity contribution in [1.29, 1.82) is 0 Å². The maximum absolute atomic E-state index is 3.70. The molecular formula is C15H32N2. The van der Waals surface area contributed by atoms with Crippen molar-refractivity contribution in [1.82, 2.24) is 10.2 Å². The fourth-order valence-electron chi connectivity index (χ4n) is 3.20. The van der Waals surface area contributed by atoms with Crippen molar-refractivity contribution in [3.05, 3.63) is 0 Å². The molecule has 2 heteroatoms. The van der Waals surface area contributed by atoms with Crippen LogP contribution < -0.4 is 5.32 Å². The Morgan fingerprint density at radius 2 is 2.06 bits per heavy atom. The van der Waals surface area contributed by atoms with Crippen LogP contribution in [-0.4, -0.2) is 35.6 Å². The number of nitrogens with zero attached hydrogens (tertiary/aromatic N) is 1. The molecule has 0 aromatic heterocycles. The van der Waals surface area contributed by atoms with Crippen LogP contribution in [-0.2, 0) is 0 Å². The highest BCUT2D eigenvalue weighted by atomic mass is 15.2. The molecule has 0 aliphatic carbocycles. The lowest BCUT2D eigenvalue weighted by Crippen LogP contribution is -2.61. The lowest BCUT2D eigenvalue weighted by Gasteiger charge is -2.50. The van der Waals surface area contributed by atoms with E-state index < -0.39 is 0 Å². The summed E-state index contributed by atoms with van der Waals surface area (Å²) >= 11 is 0. The van der Waals surface area contributed by atoms with Gasteiger partial charge in [0.2, 0.25) is 0 Å². The van der Waals surface area contributed by atoms with Gasteiger partial charge in [0.25, 0.3) is 0 Å². The molecule has 1 rings (SSSR count). The van der Waals surface area contributed by atoms with Gasteiger partial charge in [0, 0.05) is 17.6 Å². The second-order valence-corrected chi connectivity index (χ2v) is 5.92. The molecule has 0 amide bonds. The molecule has 1 aliphatic rings. The first kappa shape index (κ1) is 15.0. The van der Waals surface area contributed by atoms with Gasteiger partial charge >= 0.3 is 0 Å². The van der Waals surface area contributed by atoms with Gasteiger partial charge in [-0.05, 0) is 59.5 Å². The zero-order valence-electron chi connectivity index (χ0n) is 12.6. The highest BCUT2D eigenvalue weighted by Crippen LogP contribution is 2.30. The minimum atomic E-state index is 0.314. The van der Waals surface area contributed by atoms with Crippen molar-refractivity contribution < 1.29 is 0 Å². The third kappa shape index (κ3) is 3.45. The molecule has 0 bridgehead atoms. The van der Waals surface area contributed by atoms with Crippen molar-refractivity contribution in [2.75, 3.05) is 13.1 Å². The molecule has 0 radical (unpaired) electrons. The predicted molar refractivity (Wildman–Crippen MR) is 76.5 cm³/mol. The molecule has 3 atom stereocenters. The molecule has 0 aromatic rings. The zero-order chi connectivity index (χ0) is 12.9. The summed E-state index contributed by atoms with van der Waals surface area (Å²) in [5, 5.41) is 3.70. The van der Waals surface area contributed by atoms with Crippen molar-refractivity contribution in [2.45, 2.75) is 84.3 Å². The summed E-state index contributed by atoms with van der Waals surface area (Å²) in [7, 11) is 0. The van der Waals surface area contributed by atoms with Crippen LogP contribution in [0.4, 0.5) is 0 Å². The summed E-state index contributed by atoms with van der Waals surface area (Å²) in [5.41, 5.74) is 0.314. The van der Waals surface area contributed by atoms with Crippen LogP contribution in [0.5, 0.6) is 0 Å². The summed E-state index contributed by atoms with van der Waals surface area (Å²) < 4.78 is 0. The minimum absolute atomic E-state index is 0.314. The van der Waals surface area contributed by atoms with Crippen LogP contribution in [0.25, 0.3) is 0 Å². The topological polar surface area (TPSA) is 15.3 Å². The molecule has 102 valence electrons. The second-order valence-electron chi connectivity index (χ2n) is 5.92. The summed E-state index contributed by atoms with van der Waals surface area (Å²) in [6, 6.07) is 1.33. The van der Waals surface area contributed by atoms with Crippen LogP contribution in [0, 0.1) is 0 Å². The van der Waals surface area contributed by atoms with E-state index in [0.717, 1.165) is 12.6 Å². The van der Waals surface area contributed by atoms with Gasteiger partial charge in [0.15, 0.2) is 0 Å². The lowest BCUT2D eigenvalue weighted by molar-refractivity contribution is 0.0106. The maximum atomic E-state index is 3.70. The number of hydrogen-bond acceptors (Lipinski definition) is 2. The summed E-state index contributed by atoms with van der Waals surface area (Å²) in [5.74, 6) is 0. The first-order valence-corrected chi connectivity index (χ1v) is 7.56. The Kier molecular flexibility index (Phi) is 5.94. The highest BCUT2D eigenvalue weighted by Gasteiger charge is 2.38. The molecule has 17 heavy (non-hydrogen) atoms. The fourth-order valence-corrected chi connectivity index (χ4v) is 3.20. The summed E-state index contributed by atoms with van der Waals surface area (Å²) in [6.45, 7) is 14.2. The number of hydrogen-bond donors (Lipinski definition) is 1. The van der Waals surface area contributed by atoms with E-state index >= 15 is 0 Å². The SMILES string of the molecule is CCCNC(C)C(C)(CC)N1CCCCC1C. The molecule has 1 saturated heterocycles. The Hall–Kier alpha value is -0.0800. The molecule has 0 spiro atoms. The van der Waals surface area contributed by atoms with Gasteiger partial charge in [-0.15, -0.1) is 0 Å². The second kappa shape index (κ2) is 6.75. The van der Waals surface area contributed by atoms with Crippen molar-refractivity contribution in [3.8, 4) is 0 Å². The fraction of sp³-hybridized carbons (Fsp3) is 1.00. The van der Waals surface area contributed by atoms with Gasteiger partial charge in [-0.1, -0.05) is 20.3 Å². The van der Waals surface area contributed by atoms with E-state index in [1.165, 1.54) is 38.6 Å². The van der Waals surface area contributed by atoms with Gasteiger partial charge in [-0.3, -0.25) is 4.90 Å². The number of rotatable bonds is 6. The van der Waals surface area contributed by atoms with Gasteiger partial charge < -0.3 is 5.32 Å². The molecule has 1 N–H and O–H groups in total. The summed E-state index contributed by atoms with van der Waals surface area (Å²) in [4.78, 5) is 2.75. The third-order valence-electron chi connectivity index (χ3n) is 4.81. The van der Waals surface area contributed by atoms with E-state index in [1.807, 2.05) is 0 Å². The lowest BCUT2D eigenvalue weighted by atomic mass is 9.84. The van der Waals surface area contributed by atoms with Crippen molar-refractivity contribution in [2.24, 2.45) is 0 Å². The van der Waals surface area contributed by atoms with E-state index in [0.29, 0.717) is 11.6 Å². The Morgan fingerprint density at radius 3 is 2.59 bits per heavy atom. The monoisotopic (exact) mass is 240 g/mol. The molecule has 2 nitrogen and oxygen atoms in total. The molecule has 0 aromatic carbocycles. The van der Waals surface area contributed by atoms with E-state index in [-0.39, 0.29) is 0 Å². The Labute approximate surface area is 108 Å². The quantitative estimate of drug-likeness (QED) is 0.765. The number of piperidine rings is 1. The predicted octanol–water partition coefficient (Wildman–Crippen LogP) is 3.42. The normalized spacial score (nSPS) is 27.7. The zero-order valence-corrected chi connectivity index (χ0v) is 12.6. The maximum Gasteiger partial charge on any atom is 0.0331 e. The van der Waals surface area contributed by atoms with Crippen LogP contribution in [0.1, 0.15) is 66.7 Å². The van der Waals surface area contributed by atoms with Gasteiger partial charge in [-0.25, -0.2) is 0 Å². The third-order valence-corrected chi connectivity index (χ3v) is 4.81. The number of nitrogens with one attached hydrogen (secondary N) is 1. The van der Waals surface area contributed by atoms with Crippen molar-refractivity contribution in [3.63, 3.8) is 0 Å². The van der Waals surface area contributed by atoms with Gasteiger partial charge in [-0.2, -0.15) is 0 Å². The van der Waals surface area contributed by atoms with Gasteiger partial charge in [0.05, 0.1) is 0 Å². The molecule has 1 heterocycles. The highest BCUT2D eigenvalue weighted by molar-refractivity contribution is 4.97. The first-order valence-electron chi connectivity index (χ1n) is 7.56. The van der Waals surface area contributed by atoms with Crippen LogP contribution in [0.2, 0.25) is 0 Å². The van der Waals surface area contributed by atoms with Crippen molar-refractivity contribution >= 4 is 0 Å². The summed E-state index contributed by atoms with van der Waals surface area (Å²) in [6.07, 6.45) is 6.61.